The van der Waals surface area contributed by atoms with Crippen molar-refractivity contribution in [1.82, 2.24) is 9.97 Å². The van der Waals surface area contributed by atoms with Gasteiger partial charge in [-0.3, -0.25) is 0 Å². The lowest BCUT2D eigenvalue weighted by Crippen LogP contribution is -2.09. The first kappa shape index (κ1) is 31.4. The van der Waals surface area contributed by atoms with E-state index < -0.39 is 0 Å². The molecule has 2 heterocycles. The number of hydrogen-bond acceptors (Lipinski definition) is 4. The Morgan fingerprint density at radius 2 is 0.889 bits per heavy atom. The average molecular weight is 692 g/mol. The Labute approximate surface area is 313 Å². The highest BCUT2D eigenvalue weighted by molar-refractivity contribution is 6.13. The number of para-hydroxylation sites is 3. The third-order valence-corrected chi connectivity index (χ3v) is 10.1. The van der Waals surface area contributed by atoms with Gasteiger partial charge in [-0.05, 0) is 82.9 Å². The molecular formula is C50H33N3O. The van der Waals surface area contributed by atoms with Gasteiger partial charge in [-0.15, -0.1) is 0 Å². The maximum atomic E-state index is 6.53. The molecule has 0 bridgehead atoms. The van der Waals surface area contributed by atoms with Crippen LogP contribution in [0.3, 0.4) is 0 Å². The average Bonchev–Trinajstić information content (AvgIpc) is 3.63. The minimum absolute atomic E-state index is 0.664. The number of fused-ring (bicyclic) bond motifs is 4. The molecule has 254 valence electrons. The van der Waals surface area contributed by atoms with Crippen LogP contribution in [0.15, 0.2) is 205 Å². The van der Waals surface area contributed by atoms with Gasteiger partial charge in [0.25, 0.3) is 0 Å². The molecule has 0 fully saturated rings. The van der Waals surface area contributed by atoms with Crippen molar-refractivity contribution in [2.24, 2.45) is 0 Å². The molecule has 0 saturated carbocycles. The first-order valence-electron chi connectivity index (χ1n) is 18.2. The van der Waals surface area contributed by atoms with Gasteiger partial charge in [-0.25, -0.2) is 9.97 Å². The van der Waals surface area contributed by atoms with E-state index in [0.717, 1.165) is 77.9 Å². The summed E-state index contributed by atoms with van der Waals surface area (Å²) in [5, 5.41) is 3.07. The third kappa shape index (κ3) is 5.67. The molecule has 10 rings (SSSR count). The van der Waals surface area contributed by atoms with Gasteiger partial charge in [0.2, 0.25) is 0 Å². The van der Waals surface area contributed by atoms with E-state index >= 15 is 0 Å². The minimum Gasteiger partial charge on any atom is -0.456 e. The molecule has 0 amide bonds. The molecule has 0 N–H and O–H groups in total. The van der Waals surface area contributed by atoms with Crippen molar-refractivity contribution in [3.8, 4) is 44.9 Å². The molecule has 0 saturated heterocycles. The summed E-state index contributed by atoms with van der Waals surface area (Å²) >= 11 is 0. The lowest BCUT2D eigenvalue weighted by atomic mass is 9.97. The SMILES string of the molecule is c1ccc(-c2ccc(N(c3ccccc3)c3ccc(-c4cc(-c5nc(-c6ccccc6)c6ccccc6n5)c5c(c4)oc4ccccc45)cc3)cc2)cc1. The predicted octanol–water partition coefficient (Wildman–Crippen LogP) is 13.7. The zero-order valence-corrected chi connectivity index (χ0v) is 29.3. The quantitative estimate of drug-likeness (QED) is 0.167. The smallest absolute Gasteiger partial charge is 0.161 e. The fourth-order valence-electron chi connectivity index (χ4n) is 7.47. The monoisotopic (exact) mass is 691 g/mol. The highest BCUT2D eigenvalue weighted by Gasteiger charge is 2.20. The van der Waals surface area contributed by atoms with Gasteiger partial charge in [0, 0.05) is 44.3 Å². The molecule has 0 radical (unpaired) electrons. The summed E-state index contributed by atoms with van der Waals surface area (Å²) in [6.45, 7) is 0. The van der Waals surface area contributed by atoms with Crippen LogP contribution in [0.4, 0.5) is 17.1 Å². The molecule has 4 nitrogen and oxygen atoms in total. The van der Waals surface area contributed by atoms with Crippen LogP contribution in [0.5, 0.6) is 0 Å². The number of furan rings is 1. The van der Waals surface area contributed by atoms with E-state index in [-0.39, 0.29) is 0 Å². The van der Waals surface area contributed by atoms with E-state index in [4.69, 9.17) is 14.4 Å². The summed E-state index contributed by atoms with van der Waals surface area (Å²) in [4.78, 5) is 12.7. The number of rotatable bonds is 7. The van der Waals surface area contributed by atoms with Crippen molar-refractivity contribution >= 4 is 49.9 Å². The molecule has 54 heavy (non-hydrogen) atoms. The molecule has 0 spiro atoms. The van der Waals surface area contributed by atoms with E-state index in [1.807, 2.05) is 36.4 Å². The summed E-state index contributed by atoms with van der Waals surface area (Å²) < 4.78 is 6.53. The van der Waals surface area contributed by atoms with E-state index in [1.54, 1.807) is 0 Å². The van der Waals surface area contributed by atoms with Crippen LogP contribution in [-0.4, -0.2) is 9.97 Å². The van der Waals surface area contributed by atoms with Crippen LogP contribution >= 0.6 is 0 Å². The van der Waals surface area contributed by atoms with Crippen LogP contribution in [0.1, 0.15) is 0 Å². The zero-order chi connectivity index (χ0) is 35.8. The van der Waals surface area contributed by atoms with Gasteiger partial charge in [0.05, 0.1) is 11.2 Å². The molecule has 2 aromatic heterocycles. The van der Waals surface area contributed by atoms with E-state index in [1.165, 1.54) is 11.1 Å². The van der Waals surface area contributed by atoms with Crippen molar-refractivity contribution in [2.75, 3.05) is 4.90 Å². The van der Waals surface area contributed by atoms with E-state index in [9.17, 15) is 0 Å². The molecule has 0 aliphatic heterocycles. The lowest BCUT2D eigenvalue weighted by Gasteiger charge is -2.26. The Morgan fingerprint density at radius 1 is 0.370 bits per heavy atom. The van der Waals surface area contributed by atoms with Crippen LogP contribution in [0.25, 0.3) is 77.7 Å². The van der Waals surface area contributed by atoms with Gasteiger partial charge in [-0.2, -0.15) is 0 Å². The molecular weight excluding hydrogens is 659 g/mol. The zero-order valence-electron chi connectivity index (χ0n) is 29.3. The van der Waals surface area contributed by atoms with Crippen molar-refractivity contribution in [1.29, 1.82) is 0 Å². The Bertz CT molecular complexity index is 2900. The Morgan fingerprint density at radius 3 is 1.57 bits per heavy atom. The second-order valence-corrected chi connectivity index (χ2v) is 13.4. The predicted molar refractivity (Wildman–Crippen MR) is 223 cm³/mol. The van der Waals surface area contributed by atoms with Crippen molar-refractivity contribution in [3.05, 3.63) is 200 Å². The normalized spacial score (nSPS) is 11.3. The standard InChI is InChI=1S/C50H33N3O/c1-4-14-34(15-5-1)35-24-28-40(29-25-35)53(39-18-8-3-9-19-39)41-30-26-36(27-31-41)38-32-44(48-43-21-11-13-23-46(43)54-47(48)33-38)50-51-45-22-12-10-20-42(45)49(52-50)37-16-6-2-7-17-37/h1-33H. The van der Waals surface area contributed by atoms with Crippen molar-refractivity contribution in [3.63, 3.8) is 0 Å². The van der Waals surface area contributed by atoms with E-state index in [0.29, 0.717) is 5.82 Å². The molecule has 4 heteroatoms. The number of nitrogens with zero attached hydrogens (tertiary/aromatic N) is 3. The van der Waals surface area contributed by atoms with Gasteiger partial charge in [-0.1, -0.05) is 140 Å². The summed E-state index contributed by atoms with van der Waals surface area (Å²) in [7, 11) is 0. The number of aromatic nitrogens is 2. The van der Waals surface area contributed by atoms with Gasteiger partial charge >= 0.3 is 0 Å². The molecule has 8 aromatic carbocycles. The van der Waals surface area contributed by atoms with E-state index in [2.05, 4.69) is 169 Å². The lowest BCUT2D eigenvalue weighted by molar-refractivity contribution is 0.669. The number of anilines is 3. The Kier molecular flexibility index (Phi) is 7.77. The van der Waals surface area contributed by atoms with Crippen LogP contribution in [-0.2, 0) is 0 Å². The fourth-order valence-corrected chi connectivity index (χ4v) is 7.47. The first-order valence-corrected chi connectivity index (χ1v) is 18.2. The fraction of sp³-hybridized carbons (Fsp3) is 0. The van der Waals surface area contributed by atoms with Gasteiger partial charge in [0.1, 0.15) is 11.2 Å². The first-order chi connectivity index (χ1) is 26.8. The van der Waals surface area contributed by atoms with Crippen LogP contribution in [0, 0.1) is 0 Å². The summed E-state index contributed by atoms with van der Waals surface area (Å²) in [5.41, 5.74) is 13.1. The van der Waals surface area contributed by atoms with Crippen LogP contribution in [0.2, 0.25) is 0 Å². The highest BCUT2D eigenvalue weighted by Crippen LogP contribution is 2.42. The second kappa shape index (κ2) is 13.4. The van der Waals surface area contributed by atoms with Crippen molar-refractivity contribution < 1.29 is 4.42 Å². The Balaban J connectivity index is 1.10. The van der Waals surface area contributed by atoms with Gasteiger partial charge in [0.15, 0.2) is 5.82 Å². The topological polar surface area (TPSA) is 42.2 Å². The molecule has 0 aliphatic carbocycles. The maximum absolute atomic E-state index is 6.53. The summed E-state index contributed by atoms with van der Waals surface area (Å²) in [6, 6.07) is 69.7. The molecule has 0 aliphatic rings. The molecule has 10 aromatic rings. The summed E-state index contributed by atoms with van der Waals surface area (Å²) in [5.74, 6) is 0.664. The number of benzene rings is 8. The highest BCUT2D eigenvalue weighted by atomic mass is 16.3. The third-order valence-electron chi connectivity index (χ3n) is 10.1. The Hall–Kier alpha value is -7.30. The number of hydrogen-bond donors (Lipinski definition) is 0. The van der Waals surface area contributed by atoms with Gasteiger partial charge < -0.3 is 9.32 Å². The molecule has 0 atom stereocenters. The van der Waals surface area contributed by atoms with Crippen molar-refractivity contribution in [2.45, 2.75) is 0 Å². The minimum atomic E-state index is 0.664. The van der Waals surface area contributed by atoms with Crippen LogP contribution < -0.4 is 4.90 Å². The largest absolute Gasteiger partial charge is 0.456 e. The second-order valence-electron chi connectivity index (χ2n) is 13.4. The maximum Gasteiger partial charge on any atom is 0.161 e. The summed E-state index contributed by atoms with van der Waals surface area (Å²) in [6.07, 6.45) is 0. The molecule has 0 unspecified atom stereocenters.